The van der Waals surface area contributed by atoms with Crippen LogP contribution in [0.5, 0.6) is 11.5 Å². The number of carbonyl (C=O) groups excluding carboxylic acids is 1. The molecule has 174 valence electrons. The predicted octanol–water partition coefficient (Wildman–Crippen LogP) is 4.35. The summed E-state index contributed by atoms with van der Waals surface area (Å²) >= 11 is 1.80. The molecule has 0 bridgehead atoms. The highest BCUT2D eigenvalue weighted by molar-refractivity contribution is 7.99. The van der Waals surface area contributed by atoms with Gasteiger partial charge in [0.25, 0.3) is 0 Å². The fourth-order valence-electron chi connectivity index (χ4n) is 3.07. The largest absolute Gasteiger partial charge is 0.490 e. The lowest BCUT2D eigenvalue weighted by Gasteiger charge is -2.13. The van der Waals surface area contributed by atoms with Crippen LogP contribution in [0.15, 0.2) is 46.2 Å². The minimum Gasteiger partial charge on any atom is -0.490 e. The number of nitrogens with one attached hydrogen (secondary N) is 2. The lowest BCUT2D eigenvalue weighted by molar-refractivity contribution is -0.116. The molecule has 2 aromatic carbocycles. The summed E-state index contributed by atoms with van der Waals surface area (Å²) in [5.74, 6) is 0.690. The molecule has 9 heteroatoms. The fourth-order valence-corrected chi connectivity index (χ4v) is 5.14. The van der Waals surface area contributed by atoms with Crippen LogP contribution in [-0.4, -0.2) is 39.3 Å². The van der Waals surface area contributed by atoms with Gasteiger partial charge in [0, 0.05) is 41.3 Å². The summed E-state index contributed by atoms with van der Waals surface area (Å²) in [5.41, 5.74) is 1.70. The molecular weight excluding hydrogens is 448 g/mol. The van der Waals surface area contributed by atoms with Gasteiger partial charge in [-0.2, -0.15) is 0 Å². The molecule has 0 saturated carbocycles. The monoisotopic (exact) mass is 478 g/mol. The molecule has 1 aliphatic rings. The van der Waals surface area contributed by atoms with E-state index in [1.807, 2.05) is 19.1 Å². The smallest absolute Gasteiger partial charge is 0.240 e. The number of carbonyl (C=O) groups is 1. The average molecular weight is 479 g/mol. The van der Waals surface area contributed by atoms with Crippen molar-refractivity contribution in [3.05, 3.63) is 42.0 Å². The molecule has 0 aromatic heterocycles. The summed E-state index contributed by atoms with van der Waals surface area (Å²) < 4.78 is 38.8. The van der Waals surface area contributed by atoms with Crippen LogP contribution < -0.4 is 19.5 Å². The van der Waals surface area contributed by atoms with Crippen molar-refractivity contribution in [2.45, 2.75) is 55.1 Å². The number of ether oxygens (including phenoxy) is 2. The van der Waals surface area contributed by atoms with E-state index in [0.29, 0.717) is 30.0 Å². The van der Waals surface area contributed by atoms with Crippen molar-refractivity contribution in [3.8, 4) is 11.5 Å². The lowest BCUT2D eigenvalue weighted by Crippen LogP contribution is -2.28. The molecule has 1 heterocycles. The average Bonchev–Trinajstić information content (AvgIpc) is 3.00. The van der Waals surface area contributed by atoms with Crippen LogP contribution in [0.2, 0.25) is 0 Å². The number of hydrogen-bond acceptors (Lipinski definition) is 6. The van der Waals surface area contributed by atoms with Gasteiger partial charge in [-0.3, -0.25) is 4.79 Å². The number of sulfonamides is 1. The van der Waals surface area contributed by atoms with E-state index in [1.165, 1.54) is 12.1 Å². The Morgan fingerprint density at radius 1 is 1.12 bits per heavy atom. The summed E-state index contributed by atoms with van der Waals surface area (Å²) in [4.78, 5) is 13.6. The van der Waals surface area contributed by atoms with E-state index >= 15 is 0 Å². The van der Waals surface area contributed by atoms with Crippen molar-refractivity contribution in [1.29, 1.82) is 0 Å². The van der Waals surface area contributed by atoms with Gasteiger partial charge in [0.05, 0.1) is 18.1 Å². The number of benzene rings is 2. The summed E-state index contributed by atoms with van der Waals surface area (Å²) in [7, 11) is -3.77. The molecule has 0 aliphatic carbocycles. The fraction of sp³-hybridized carbons (Fsp3) is 0.435. The second-order valence-corrected chi connectivity index (χ2v) is 10.9. The molecular formula is C23H30N2O5S2. The highest BCUT2D eigenvalue weighted by Crippen LogP contribution is 2.32. The van der Waals surface area contributed by atoms with Crippen LogP contribution in [0.1, 0.15) is 38.7 Å². The lowest BCUT2D eigenvalue weighted by atomic mass is 10.2. The highest BCUT2D eigenvalue weighted by atomic mass is 32.2. The van der Waals surface area contributed by atoms with E-state index in [9.17, 15) is 13.2 Å². The first-order chi connectivity index (χ1) is 15.3. The summed E-state index contributed by atoms with van der Waals surface area (Å²) in [5, 5.41) is 3.39. The zero-order valence-electron chi connectivity index (χ0n) is 18.6. The maximum Gasteiger partial charge on any atom is 0.240 e. The normalized spacial score (nSPS) is 14.5. The van der Waals surface area contributed by atoms with Crippen LogP contribution >= 0.6 is 11.8 Å². The molecule has 7 nitrogen and oxygen atoms in total. The maximum absolute atomic E-state index is 12.6. The summed E-state index contributed by atoms with van der Waals surface area (Å²) in [6.07, 6.45) is 1.85. The van der Waals surface area contributed by atoms with Crippen molar-refractivity contribution in [2.75, 3.05) is 25.1 Å². The van der Waals surface area contributed by atoms with Crippen LogP contribution in [0.3, 0.4) is 0 Å². The summed E-state index contributed by atoms with van der Waals surface area (Å²) in [6, 6.07) is 10.4. The van der Waals surface area contributed by atoms with Crippen LogP contribution in [-0.2, 0) is 14.8 Å². The van der Waals surface area contributed by atoms with Crippen molar-refractivity contribution in [3.63, 3.8) is 0 Å². The number of hydrogen-bond donors (Lipinski definition) is 2. The van der Waals surface area contributed by atoms with E-state index < -0.39 is 10.0 Å². The number of thioether (sulfide) groups is 1. The zero-order valence-corrected chi connectivity index (χ0v) is 20.3. The molecule has 0 saturated heterocycles. The van der Waals surface area contributed by atoms with E-state index in [4.69, 9.17) is 9.47 Å². The second-order valence-electron chi connectivity index (χ2n) is 7.67. The molecule has 0 fully saturated rings. The van der Waals surface area contributed by atoms with Crippen LogP contribution in [0.4, 0.5) is 5.69 Å². The Morgan fingerprint density at radius 2 is 1.88 bits per heavy atom. The Bertz CT molecular complexity index is 1060. The second kappa shape index (κ2) is 11.1. The van der Waals surface area contributed by atoms with Crippen LogP contribution in [0.25, 0.3) is 0 Å². The summed E-state index contributed by atoms with van der Waals surface area (Å²) in [6.45, 7) is 7.28. The van der Waals surface area contributed by atoms with Crippen molar-refractivity contribution in [2.24, 2.45) is 0 Å². The van der Waals surface area contributed by atoms with Crippen molar-refractivity contribution >= 4 is 33.4 Å². The van der Waals surface area contributed by atoms with E-state index in [-0.39, 0.29) is 23.8 Å². The van der Waals surface area contributed by atoms with E-state index in [1.54, 1.807) is 17.8 Å². The third-order valence-corrected chi connectivity index (χ3v) is 7.78. The van der Waals surface area contributed by atoms with E-state index in [0.717, 1.165) is 29.0 Å². The van der Waals surface area contributed by atoms with Crippen LogP contribution in [0, 0.1) is 6.92 Å². The molecule has 2 N–H and O–H groups in total. The Kier molecular flexibility index (Phi) is 8.44. The molecule has 32 heavy (non-hydrogen) atoms. The topological polar surface area (TPSA) is 93.7 Å². The minimum atomic E-state index is -3.77. The number of rotatable bonds is 9. The van der Waals surface area contributed by atoms with Crippen molar-refractivity contribution < 1.29 is 22.7 Å². The number of amides is 1. The molecule has 0 radical (unpaired) electrons. The third-order valence-electron chi connectivity index (χ3n) is 5.06. The SMILES string of the molecule is CCC(C)Sc1ccc(NC(=O)CCNS(=O)(=O)c2ccc3c(c2)OCCCO3)c(C)c1. The zero-order chi connectivity index (χ0) is 23.1. The van der Waals surface area contributed by atoms with Gasteiger partial charge in [-0.25, -0.2) is 13.1 Å². The quantitative estimate of drug-likeness (QED) is 0.521. The first kappa shape index (κ1) is 24.4. The molecule has 1 unspecified atom stereocenters. The van der Waals surface area contributed by atoms with Gasteiger partial charge >= 0.3 is 0 Å². The molecule has 2 aromatic rings. The Morgan fingerprint density at radius 3 is 2.59 bits per heavy atom. The number of aryl methyl sites for hydroxylation is 1. The van der Waals surface area contributed by atoms with Crippen molar-refractivity contribution in [1.82, 2.24) is 4.72 Å². The molecule has 0 spiro atoms. The molecule has 1 aliphatic heterocycles. The van der Waals surface area contributed by atoms with Gasteiger partial charge in [0.1, 0.15) is 0 Å². The van der Waals surface area contributed by atoms with Gasteiger partial charge in [-0.1, -0.05) is 13.8 Å². The molecule has 3 rings (SSSR count). The predicted molar refractivity (Wildman–Crippen MR) is 127 cm³/mol. The molecule has 1 amide bonds. The number of fused-ring (bicyclic) bond motifs is 1. The van der Waals surface area contributed by atoms with E-state index in [2.05, 4.69) is 30.0 Å². The first-order valence-electron chi connectivity index (χ1n) is 10.7. The van der Waals surface area contributed by atoms with Gasteiger partial charge in [0.2, 0.25) is 15.9 Å². The maximum atomic E-state index is 12.6. The highest BCUT2D eigenvalue weighted by Gasteiger charge is 2.19. The molecule has 1 atom stereocenters. The van der Waals surface area contributed by atoms with Gasteiger partial charge in [-0.15, -0.1) is 11.8 Å². The van der Waals surface area contributed by atoms with Gasteiger partial charge in [0.15, 0.2) is 11.5 Å². The standard InChI is InChI=1S/C23H30N2O5S2/c1-4-17(3)31-18-6-8-20(16(2)14-18)25-23(26)10-11-24-32(27,28)19-7-9-21-22(15-19)30-13-5-12-29-21/h6-9,14-15,17,24H,4-5,10-13H2,1-3H3,(H,25,26). The van der Waals surface area contributed by atoms with Gasteiger partial charge < -0.3 is 14.8 Å². The Balaban J connectivity index is 1.53. The Hall–Kier alpha value is -2.23. The first-order valence-corrected chi connectivity index (χ1v) is 13.1. The number of anilines is 1. The van der Waals surface area contributed by atoms with Gasteiger partial charge in [-0.05, 0) is 49.2 Å². The third kappa shape index (κ3) is 6.63. The minimum absolute atomic E-state index is 0.0103. The Labute approximate surface area is 194 Å².